The van der Waals surface area contributed by atoms with E-state index in [1.807, 2.05) is 0 Å². The molecule has 0 aliphatic rings. The largest absolute Gasteiger partial charge is 0.203 e. The van der Waals surface area contributed by atoms with Crippen LogP contribution in [0.1, 0.15) is 11.1 Å². The van der Waals surface area contributed by atoms with Crippen molar-refractivity contribution < 1.29 is 26.3 Å². The fourth-order valence-electron chi connectivity index (χ4n) is 1.88. The molecule has 18 heavy (non-hydrogen) atoms. The van der Waals surface area contributed by atoms with Gasteiger partial charge < -0.3 is 0 Å². The molecule has 0 nitrogen and oxygen atoms in total. The minimum Gasteiger partial charge on any atom is -0.203 e. The van der Waals surface area contributed by atoms with E-state index in [0.717, 1.165) is 13.8 Å². The summed E-state index contributed by atoms with van der Waals surface area (Å²) >= 11 is 0. The molecule has 0 heterocycles. The second kappa shape index (κ2) is 3.90. The van der Waals surface area contributed by atoms with Crippen molar-refractivity contribution >= 4 is 10.8 Å². The molecule has 6 heteroatoms. The van der Waals surface area contributed by atoms with Gasteiger partial charge in [0.05, 0.1) is 0 Å². The van der Waals surface area contributed by atoms with Crippen molar-refractivity contribution in [2.75, 3.05) is 0 Å². The van der Waals surface area contributed by atoms with Crippen molar-refractivity contribution in [2.24, 2.45) is 0 Å². The molecule has 2 rings (SSSR count). The van der Waals surface area contributed by atoms with Crippen molar-refractivity contribution in [3.8, 4) is 0 Å². The van der Waals surface area contributed by atoms with E-state index >= 15 is 0 Å². The number of hydrogen-bond acceptors (Lipinski definition) is 0. The smallest absolute Gasteiger partial charge is 0.195 e. The molecule has 0 saturated heterocycles. The Morgan fingerprint density at radius 1 is 0.444 bits per heavy atom. The zero-order valence-electron chi connectivity index (χ0n) is 9.27. The molecule has 0 atom stereocenters. The van der Waals surface area contributed by atoms with Crippen molar-refractivity contribution in [1.82, 2.24) is 0 Å². The maximum absolute atomic E-state index is 13.5. The van der Waals surface area contributed by atoms with E-state index in [9.17, 15) is 26.3 Å². The lowest BCUT2D eigenvalue weighted by molar-refractivity contribution is 0.436. The average molecular weight is 264 g/mol. The molecule has 0 aliphatic heterocycles. The highest BCUT2D eigenvalue weighted by Crippen LogP contribution is 2.34. The molecule has 0 radical (unpaired) electrons. The summed E-state index contributed by atoms with van der Waals surface area (Å²) in [5, 5.41) is -1.58. The summed E-state index contributed by atoms with van der Waals surface area (Å²) < 4.78 is 79.9. The van der Waals surface area contributed by atoms with Crippen LogP contribution in [0.4, 0.5) is 26.3 Å². The first kappa shape index (κ1) is 12.7. The van der Waals surface area contributed by atoms with Crippen LogP contribution in [0.5, 0.6) is 0 Å². The third kappa shape index (κ3) is 1.41. The van der Waals surface area contributed by atoms with Crippen LogP contribution in [0.25, 0.3) is 10.8 Å². The Balaban J connectivity index is 3.22. The lowest BCUT2D eigenvalue weighted by atomic mass is 9.98. The van der Waals surface area contributed by atoms with Crippen LogP contribution in [-0.2, 0) is 0 Å². The van der Waals surface area contributed by atoms with E-state index in [-0.39, 0.29) is 0 Å². The first-order chi connectivity index (χ1) is 8.29. The molecule has 2 aromatic rings. The van der Waals surface area contributed by atoms with Gasteiger partial charge in [0, 0.05) is 10.8 Å². The van der Waals surface area contributed by atoms with Crippen LogP contribution in [0.15, 0.2) is 0 Å². The molecule has 0 spiro atoms. The van der Waals surface area contributed by atoms with Crippen LogP contribution < -0.4 is 0 Å². The molecule has 0 aliphatic carbocycles. The van der Waals surface area contributed by atoms with Gasteiger partial charge in [0.15, 0.2) is 34.9 Å². The van der Waals surface area contributed by atoms with Gasteiger partial charge in [-0.2, -0.15) is 0 Å². The van der Waals surface area contributed by atoms with Gasteiger partial charge in [0.1, 0.15) is 0 Å². The number of aryl methyl sites for hydroxylation is 2. The lowest BCUT2D eigenvalue weighted by Gasteiger charge is -2.12. The summed E-state index contributed by atoms with van der Waals surface area (Å²) in [4.78, 5) is 0. The van der Waals surface area contributed by atoms with Gasteiger partial charge in [0.2, 0.25) is 0 Å². The van der Waals surface area contributed by atoms with E-state index in [4.69, 9.17) is 0 Å². The highest BCUT2D eigenvalue weighted by molar-refractivity contribution is 5.90. The predicted octanol–water partition coefficient (Wildman–Crippen LogP) is 4.29. The Bertz CT molecular complexity index is 562. The van der Waals surface area contributed by atoms with E-state index in [0.29, 0.717) is 0 Å². The third-order valence-electron chi connectivity index (χ3n) is 2.87. The molecule has 0 bridgehead atoms. The van der Waals surface area contributed by atoms with Gasteiger partial charge in [-0.25, -0.2) is 26.3 Å². The Morgan fingerprint density at radius 3 is 1.00 bits per heavy atom. The van der Waals surface area contributed by atoms with Gasteiger partial charge >= 0.3 is 0 Å². The Morgan fingerprint density at radius 2 is 0.722 bits per heavy atom. The number of fused-ring (bicyclic) bond motifs is 1. The molecule has 0 unspecified atom stereocenters. The molecular weight excluding hydrogens is 258 g/mol. The van der Waals surface area contributed by atoms with Crippen LogP contribution in [0.2, 0.25) is 0 Å². The fraction of sp³-hybridized carbons (Fsp3) is 0.167. The lowest BCUT2D eigenvalue weighted by Crippen LogP contribution is -2.05. The second-order valence-corrected chi connectivity index (χ2v) is 3.88. The predicted molar refractivity (Wildman–Crippen MR) is 53.2 cm³/mol. The molecule has 0 amide bonds. The number of halogens is 6. The zero-order valence-corrected chi connectivity index (χ0v) is 9.27. The molecule has 0 fully saturated rings. The Hall–Kier alpha value is -1.72. The highest BCUT2D eigenvalue weighted by atomic mass is 19.2. The van der Waals surface area contributed by atoms with Gasteiger partial charge in [-0.15, -0.1) is 0 Å². The Labute approximate surface area is 97.8 Å². The normalized spacial score (nSPS) is 11.3. The maximum Gasteiger partial charge on any atom is 0.195 e. The quantitative estimate of drug-likeness (QED) is 0.492. The fourth-order valence-corrected chi connectivity index (χ4v) is 1.88. The van der Waals surface area contributed by atoms with Crippen LogP contribution in [0, 0.1) is 48.8 Å². The summed E-state index contributed by atoms with van der Waals surface area (Å²) in [5.41, 5.74) is -1.22. The Kier molecular flexibility index (Phi) is 2.76. The second-order valence-electron chi connectivity index (χ2n) is 3.88. The monoisotopic (exact) mass is 264 g/mol. The summed E-state index contributed by atoms with van der Waals surface area (Å²) in [7, 11) is 0. The summed E-state index contributed by atoms with van der Waals surface area (Å²) in [5.74, 6) is -10.4. The van der Waals surface area contributed by atoms with Crippen LogP contribution >= 0.6 is 0 Å². The van der Waals surface area contributed by atoms with Gasteiger partial charge in [-0.05, 0) is 25.0 Å². The topological polar surface area (TPSA) is 0 Å². The third-order valence-corrected chi connectivity index (χ3v) is 2.87. The summed E-state index contributed by atoms with van der Waals surface area (Å²) in [6.07, 6.45) is 0. The van der Waals surface area contributed by atoms with Crippen LogP contribution in [-0.4, -0.2) is 0 Å². The molecular formula is C12H6F6. The van der Waals surface area contributed by atoms with E-state index in [2.05, 4.69) is 0 Å². The summed E-state index contributed by atoms with van der Waals surface area (Å²) in [6.45, 7) is 1.92. The van der Waals surface area contributed by atoms with E-state index in [1.54, 1.807) is 0 Å². The van der Waals surface area contributed by atoms with Crippen LogP contribution in [0.3, 0.4) is 0 Å². The molecule has 0 N–H and O–H groups in total. The maximum atomic E-state index is 13.5. The van der Waals surface area contributed by atoms with Crippen molar-refractivity contribution in [2.45, 2.75) is 13.8 Å². The van der Waals surface area contributed by atoms with Gasteiger partial charge in [-0.3, -0.25) is 0 Å². The standard InChI is InChI=1S/C12H6F6/c1-3-5-6(10(16)11(17)7(3)13)4(2)8(14)12(18)9(5)15/h1-2H3. The number of rotatable bonds is 0. The molecule has 2 aromatic carbocycles. The molecule has 0 aromatic heterocycles. The first-order valence-electron chi connectivity index (χ1n) is 4.88. The van der Waals surface area contributed by atoms with Crippen molar-refractivity contribution in [1.29, 1.82) is 0 Å². The van der Waals surface area contributed by atoms with Gasteiger partial charge in [0.25, 0.3) is 0 Å². The number of benzene rings is 2. The van der Waals surface area contributed by atoms with Crippen molar-refractivity contribution in [3.05, 3.63) is 46.0 Å². The highest BCUT2D eigenvalue weighted by Gasteiger charge is 2.26. The SMILES string of the molecule is Cc1c(F)c(F)c(F)c2c(C)c(F)c(F)c(F)c12. The minimum atomic E-state index is -1.84. The first-order valence-corrected chi connectivity index (χ1v) is 4.88. The van der Waals surface area contributed by atoms with E-state index in [1.165, 1.54) is 0 Å². The van der Waals surface area contributed by atoms with Crippen molar-refractivity contribution in [3.63, 3.8) is 0 Å². The molecule has 96 valence electrons. The molecule has 0 saturated carbocycles. The summed E-state index contributed by atoms with van der Waals surface area (Å²) in [6, 6.07) is 0. The zero-order chi connectivity index (χ0) is 13.8. The van der Waals surface area contributed by atoms with Gasteiger partial charge in [-0.1, -0.05) is 0 Å². The average Bonchev–Trinajstić information content (AvgIpc) is 2.35. The number of hydrogen-bond donors (Lipinski definition) is 0. The van der Waals surface area contributed by atoms with E-state index < -0.39 is 56.8 Å². The minimum absolute atomic E-state index is 0.608.